The van der Waals surface area contributed by atoms with E-state index in [1.165, 1.54) is 12.1 Å². The average Bonchev–Trinajstić information content (AvgIpc) is 2.18. The molecule has 0 aliphatic heterocycles. The van der Waals surface area contributed by atoms with Crippen LogP contribution < -0.4 is 5.73 Å². The van der Waals surface area contributed by atoms with Gasteiger partial charge in [-0.3, -0.25) is 5.41 Å². The molecule has 0 amide bonds. The first kappa shape index (κ1) is 11.7. The van der Waals surface area contributed by atoms with Gasteiger partial charge in [-0.1, -0.05) is 19.1 Å². The molecule has 4 nitrogen and oxygen atoms in total. The number of nitrogen functional groups attached to an aromatic ring is 1. The Hall–Kier alpha value is -1.36. The number of benzene rings is 1. The lowest BCUT2D eigenvalue weighted by atomic mass is 10.2. The predicted octanol–water partition coefficient (Wildman–Crippen LogP) is 1.15. The molecule has 1 rings (SSSR count). The molecule has 0 heterocycles. The van der Waals surface area contributed by atoms with Gasteiger partial charge in [0.25, 0.3) is 0 Å². The lowest BCUT2D eigenvalue weighted by molar-refractivity contribution is 0.594. The van der Waals surface area contributed by atoms with E-state index in [4.69, 9.17) is 11.1 Å². The number of amidine groups is 1. The number of sulfone groups is 1. The van der Waals surface area contributed by atoms with E-state index < -0.39 is 9.84 Å². The summed E-state index contributed by atoms with van der Waals surface area (Å²) in [5.74, 6) is 0.0846. The molecule has 0 bridgehead atoms. The van der Waals surface area contributed by atoms with E-state index in [2.05, 4.69) is 0 Å². The van der Waals surface area contributed by atoms with Gasteiger partial charge >= 0.3 is 0 Å². The minimum atomic E-state index is -3.16. The normalized spacial score (nSPS) is 11.3. The smallest absolute Gasteiger partial charge is 0.178 e. The molecule has 0 radical (unpaired) electrons. The number of rotatable bonds is 4. The molecule has 0 fully saturated rings. The number of hydrogen-bond acceptors (Lipinski definition) is 3. The fraction of sp³-hybridized carbons (Fsp3) is 0.300. The third kappa shape index (κ3) is 2.79. The van der Waals surface area contributed by atoms with Crippen LogP contribution in [-0.4, -0.2) is 20.0 Å². The molecule has 0 aliphatic rings. The van der Waals surface area contributed by atoms with Crippen LogP contribution >= 0.6 is 0 Å². The molecule has 0 aromatic heterocycles. The molecule has 0 aliphatic carbocycles. The summed E-state index contributed by atoms with van der Waals surface area (Å²) in [5, 5.41) is 7.17. The second-order valence-electron chi connectivity index (χ2n) is 3.26. The molecule has 1 aromatic rings. The van der Waals surface area contributed by atoms with E-state index >= 15 is 0 Å². The third-order valence-electron chi connectivity index (χ3n) is 2.00. The summed E-state index contributed by atoms with van der Waals surface area (Å²) >= 11 is 0. The van der Waals surface area contributed by atoms with E-state index in [1.54, 1.807) is 12.1 Å². The van der Waals surface area contributed by atoms with Crippen molar-refractivity contribution in [3.8, 4) is 0 Å². The highest BCUT2D eigenvalue weighted by Crippen LogP contribution is 2.12. The van der Waals surface area contributed by atoms with Gasteiger partial charge in [0.1, 0.15) is 5.84 Å². The zero-order chi connectivity index (χ0) is 11.5. The van der Waals surface area contributed by atoms with Crippen molar-refractivity contribution in [3.63, 3.8) is 0 Å². The summed E-state index contributed by atoms with van der Waals surface area (Å²) in [4.78, 5) is 0.286. The van der Waals surface area contributed by atoms with Gasteiger partial charge in [-0.2, -0.15) is 0 Å². The van der Waals surface area contributed by atoms with Crippen LogP contribution in [0.15, 0.2) is 29.2 Å². The Balaban J connectivity index is 3.04. The maximum Gasteiger partial charge on any atom is 0.178 e. The van der Waals surface area contributed by atoms with Crippen molar-refractivity contribution in [1.82, 2.24) is 0 Å². The summed E-state index contributed by atoms with van der Waals surface area (Å²) in [7, 11) is -3.16. The standard InChI is InChI=1S/C10H14N2O2S/c1-2-7-15(13,14)9-5-3-8(4-6-9)10(11)12/h3-6H,2,7H2,1H3,(H3,11,12). The van der Waals surface area contributed by atoms with Crippen LogP contribution in [0.3, 0.4) is 0 Å². The maximum absolute atomic E-state index is 11.6. The molecular formula is C10H14N2O2S. The van der Waals surface area contributed by atoms with Crippen molar-refractivity contribution >= 4 is 15.7 Å². The van der Waals surface area contributed by atoms with E-state index in [1.807, 2.05) is 6.92 Å². The van der Waals surface area contributed by atoms with Gasteiger partial charge in [0.05, 0.1) is 10.6 Å². The quantitative estimate of drug-likeness (QED) is 0.596. The number of hydrogen-bond donors (Lipinski definition) is 2. The third-order valence-corrected chi connectivity index (χ3v) is 3.93. The minimum Gasteiger partial charge on any atom is -0.384 e. The SMILES string of the molecule is CCCS(=O)(=O)c1ccc(C(=N)N)cc1. The van der Waals surface area contributed by atoms with E-state index in [9.17, 15) is 8.42 Å². The first-order valence-electron chi connectivity index (χ1n) is 4.64. The van der Waals surface area contributed by atoms with Crippen molar-refractivity contribution < 1.29 is 8.42 Å². The van der Waals surface area contributed by atoms with E-state index in [-0.39, 0.29) is 16.5 Å². The fourth-order valence-electron chi connectivity index (χ4n) is 1.23. The van der Waals surface area contributed by atoms with Gasteiger partial charge in [-0.25, -0.2) is 8.42 Å². The molecule has 82 valence electrons. The summed E-state index contributed by atoms with van der Waals surface area (Å²) < 4.78 is 23.3. The van der Waals surface area contributed by atoms with Crippen LogP contribution in [0.25, 0.3) is 0 Å². The van der Waals surface area contributed by atoms with E-state index in [0.29, 0.717) is 12.0 Å². The molecule has 0 saturated carbocycles. The van der Waals surface area contributed by atoms with Gasteiger partial charge in [0.15, 0.2) is 9.84 Å². The lowest BCUT2D eigenvalue weighted by Gasteiger charge is -2.03. The Kier molecular flexibility index (Phi) is 3.47. The summed E-state index contributed by atoms with van der Waals surface area (Å²) in [6, 6.07) is 6.07. The molecule has 5 heteroatoms. The van der Waals surface area contributed by atoms with Crippen molar-refractivity contribution in [1.29, 1.82) is 5.41 Å². The monoisotopic (exact) mass is 226 g/mol. The zero-order valence-corrected chi connectivity index (χ0v) is 9.34. The predicted molar refractivity (Wildman–Crippen MR) is 59.8 cm³/mol. The van der Waals surface area contributed by atoms with Crippen LogP contribution in [0, 0.1) is 5.41 Å². The summed E-state index contributed by atoms with van der Waals surface area (Å²) in [5.41, 5.74) is 5.80. The highest BCUT2D eigenvalue weighted by molar-refractivity contribution is 7.91. The molecule has 0 atom stereocenters. The molecule has 3 N–H and O–H groups in total. The van der Waals surface area contributed by atoms with Gasteiger partial charge in [0.2, 0.25) is 0 Å². The topological polar surface area (TPSA) is 84.0 Å². The summed E-state index contributed by atoms with van der Waals surface area (Å²) in [6.07, 6.45) is 0.594. The van der Waals surface area contributed by atoms with Crippen molar-refractivity contribution in [3.05, 3.63) is 29.8 Å². The average molecular weight is 226 g/mol. The Morgan fingerprint density at radius 2 is 1.87 bits per heavy atom. The van der Waals surface area contributed by atoms with Crippen LogP contribution in [0.1, 0.15) is 18.9 Å². The lowest BCUT2D eigenvalue weighted by Crippen LogP contribution is -2.11. The van der Waals surface area contributed by atoms with Gasteiger partial charge in [-0.05, 0) is 18.6 Å². The number of nitrogens with one attached hydrogen (secondary N) is 1. The van der Waals surface area contributed by atoms with Crippen LogP contribution in [0.4, 0.5) is 0 Å². The summed E-state index contributed by atoms with van der Waals surface area (Å²) in [6.45, 7) is 1.82. The Bertz CT molecular complexity index is 449. The molecular weight excluding hydrogens is 212 g/mol. The first-order valence-corrected chi connectivity index (χ1v) is 6.30. The number of nitrogens with two attached hydrogens (primary N) is 1. The van der Waals surface area contributed by atoms with Crippen LogP contribution in [-0.2, 0) is 9.84 Å². The van der Waals surface area contributed by atoms with Crippen LogP contribution in [0.2, 0.25) is 0 Å². The fourth-order valence-corrected chi connectivity index (χ4v) is 2.55. The highest BCUT2D eigenvalue weighted by atomic mass is 32.2. The minimum absolute atomic E-state index is 0.0607. The van der Waals surface area contributed by atoms with E-state index in [0.717, 1.165) is 0 Å². The molecule has 1 aromatic carbocycles. The molecule has 0 unspecified atom stereocenters. The second kappa shape index (κ2) is 4.44. The first-order chi connectivity index (χ1) is 6.97. The maximum atomic E-state index is 11.6. The van der Waals surface area contributed by atoms with Crippen molar-refractivity contribution in [2.24, 2.45) is 5.73 Å². The van der Waals surface area contributed by atoms with Gasteiger partial charge in [0, 0.05) is 5.56 Å². The Labute approximate surface area is 89.5 Å². The molecule has 0 saturated heterocycles. The van der Waals surface area contributed by atoms with Crippen molar-refractivity contribution in [2.75, 3.05) is 5.75 Å². The van der Waals surface area contributed by atoms with Gasteiger partial charge in [-0.15, -0.1) is 0 Å². The Morgan fingerprint density at radius 1 is 1.33 bits per heavy atom. The molecule has 0 spiro atoms. The van der Waals surface area contributed by atoms with Crippen molar-refractivity contribution in [2.45, 2.75) is 18.2 Å². The Morgan fingerprint density at radius 3 is 2.27 bits per heavy atom. The zero-order valence-electron chi connectivity index (χ0n) is 8.53. The molecule has 15 heavy (non-hydrogen) atoms. The highest BCUT2D eigenvalue weighted by Gasteiger charge is 2.12. The largest absolute Gasteiger partial charge is 0.384 e. The van der Waals surface area contributed by atoms with Gasteiger partial charge < -0.3 is 5.73 Å². The van der Waals surface area contributed by atoms with Crippen LogP contribution in [0.5, 0.6) is 0 Å². The second-order valence-corrected chi connectivity index (χ2v) is 5.37.